The fourth-order valence-corrected chi connectivity index (χ4v) is 3.22. The molecule has 124 valence electrons. The van der Waals surface area contributed by atoms with Crippen LogP contribution in [0.3, 0.4) is 0 Å². The van der Waals surface area contributed by atoms with Crippen molar-refractivity contribution >= 4 is 12.1 Å². The first-order chi connectivity index (χ1) is 11.2. The molecule has 2 aliphatic rings. The number of methoxy groups -OCH3 is 1. The average molecular weight is 317 g/mol. The van der Waals surface area contributed by atoms with Gasteiger partial charge in [0.15, 0.2) is 0 Å². The Balaban J connectivity index is 1.59. The van der Waals surface area contributed by atoms with Gasteiger partial charge in [-0.1, -0.05) is 30.3 Å². The van der Waals surface area contributed by atoms with Crippen LogP contribution in [-0.4, -0.2) is 25.2 Å². The van der Waals surface area contributed by atoms with Crippen molar-refractivity contribution in [2.24, 2.45) is 17.8 Å². The van der Waals surface area contributed by atoms with E-state index in [2.05, 4.69) is 5.32 Å². The predicted octanol–water partition coefficient (Wildman–Crippen LogP) is 2.89. The van der Waals surface area contributed by atoms with Crippen LogP contribution < -0.4 is 5.32 Å². The van der Waals surface area contributed by atoms with Crippen molar-refractivity contribution in [3.05, 3.63) is 35.9 Å². The van der Waals surface area contributed by atoms with Crippen LogP contribution in [0, 0.1) is 17.8 Å². The molecular formula is C18H23NO4. The molecule has 1 atom stereocenters. The highest BCUT2D eigenvalue weighted by atomic mass is 16.6. The van der Waals surface area contributed by atoms with Gasteiger partial charge in [-0.25, -0.2) is 9.59 Å². The summed E-state index contributed by atoms with van der Waals surface area (Å²) in [6.45, 7) is 0.193. The molecule has 2 fully saturated rings. The van der Waals surface area contributed by atoms with Crippen molar-refractivity contribution < 1.29 is 19.1 Å². The number of hydrogen-bond donors (Lipinski definition) is 1. The maximum atomic E-state index is 12.1. The lowest BCUT2D eigenvalue weighted by Gasteiger charge is -2.25. The van der Waals surface area contributed by atoms with Gasteiger partial charge in [-0.3, -0.25) is 0 Å². The van der Waals surface area contributed by atoms with Crippen molar-refractivity contribution in [2.45, 2.75) is 38.3 Å². The Morgan fingerprint density at radius 2 is 1.74 bits per heavy atom. The first-order valence-electron chi connectivity index (χ1n) is 8.24. The molecule has 3 rings (SSSR count). The zero-order valence-electron chi connectivity index (χ0n) is 13.4. The van der Waals surface area contributed by atoms with Crippen LogP contribution >= 0.6 is 0 Å². The third kappa shape index (κ3) is 4.24. The van der Waals surface area contributed by atoms with Gasteiger partial charge in [0.25, 0.3) is 0 Å². The first kappa shape index (κ1) is 15.8. The van der Waals surface area contributed by atoms with E-state index in [1.165, 1.54) is 7.11 Å². The summed E-state index contributed by atoms with van der Waals surface area (Å²) < 4.78 is 10.1. The molecule has 1 amide bonds. The number of nitrogens with one attached hydrogen (secondary N) is 1. The van der Waals surface area contributed by atoms with Crippen LogP contribution in [0.1, 0.15) is 31.2 Å². The van der Waals surface area contributed by atoms with Gasteiger partial charge in [0, 0.05) is 0 Å². The van der Waals surface area contributed by atoms with E-state index < -0.39 is 12.1 Å². The van der Waals surface area contributed by atoms with Crippen molar-refractivity contribution in [1.29, 1.82) is 0 Å². The van der Waals surface area contributed by atoms with E-state index in [-0.39, 0.29) is 18.5 Å². The number of benzene rings is 1. The smallest absolute Gasteiger partial charge is 0.408 e. The lowest BCUT2D eigenvalue weighted by molar-refractivity contribution is -0.145. The summed E-state index contributed by atoms with van der Waals surface area (Å²) in [6, 6.07) is 8.88. The van der Waals surface area contributed by atoms with Crippen molar-refractivity contribution in [3.63, 3.8) is 0 Å². The second kappa shape index (κ2) is 7.02. The second-order valence-electron chi connectivity index (χ2n) is 6.46. The second-order valence-corrected chi connectivity index (χ2v) is 6.46. The third-order valence-electron chi connectivity index (χ3n) is 4.66. The molecule has 1 aromatic carbocycles. The summed E-state index contributed by atoms with van der Waals surface area (Å²) in [5, 5.41) is 2.75. The van der Waals surface area contributed by atoms with Crippen LogP contribution in [0.25, 0.3) is 0 Å². The van der Waals surface area contributed by atoms with Crippen molar-refractivity contribution in [3.8, 4) is 0 Å². The molecule has 23 heavy (non-hydrogen) atoms. The van der Waals surface area contributed by atoms with Crippen LogP contribution in [0.4, 0.5) is 4.79 Å². The van der Waals surface area contributed by atoms with Gasteiger partial charge >= 0.3 is 12.1 Å². The molecule has 0 aromatic heterocycles. The monoisotopic (exact) mass is 317 g/mol. The summed E-state index contributed by atoms with van der Waals surface area (Å²) >= 11 is 0. The van der Waals surface area contributed by atoms with Crippen LogP contribution in [0.2, 0.25) is 0 Å². The van der Waals surface area contributed by atoms with Crippen molar-refractivity contribution in [1.82, 2.24) is 5.32 Å². The molecule has 2 saturated carbocycles. The summed E-state index contributed by atoms with van der Waals surface area (Å²) in [4.78, 5) is 24.2. The van der Waals surface area contributed by atoms with Gasteiger partial charge in [-0.15, -0.1) is 0 Å². The highest BCUT2D eigenvalue weighted by Crippen LogP contribution is 2.50. The van der Waals surface area contributed by atoms with Gasteiger partial charge in [-0.2, -0.15) is 0 Å². The van der Waals surface area contributed by atoms with E-state index in [0.717, 1.165) is 31.2 Å². The summed E-state index contributed by atoms with van der Waals surface area (Å²) in [6.07, 6.45) is 3.98. The molecule has 5 heteroatoms. The number of rotatable bonds is 7. The van der Waals surface area contributed by atoms with Crippen LogP contribution in [0.15, 0.2) is 30.3 Å². The number of esters is 1. The molecule has 0 saturated heterocycles. The minimum atomic E-state index is -0.594. The molecule has 0 radical (unpaired) electrons. The Morgan fingerprint density at radius 3 is 2.26 bits per heavy atom. The first-order valence-corrected chi connectivity index (χ1v) is 8.24. The molecule has 1 N–H and O–H groups in total. The number of carbonyl (C=O) groups excluding carboxylic acids is 2. The van der Waals surface area contributed by atoms with Crippen molar-refractivity contribution in [2.75, 3.05) is 7.11 Å². The Kier molecular flexibility index (Phi) is 4.84. The average Bonchev–Trinajstić information content (AvgIpc) is 3.46. The summed E-state index contributed by atoms with van der Waals surface area (Å²) in [5.74, 6) is 0.874. The number of ether oxygens (including phenoxy) is 2. The Hall–Kier alpha value is -2.04. The molecule has 0 unspecified atom stereocenters. The molecule has 2 aliphatic carbocycles. The number of amides is 1. The van der Waals surface area contributed by atoms with Gasteiger partial charge in [-0.05, 0) is 49.0 Å². The van der Waals surface area contributed by atoms with E-state index in [4.69, 9.17) is 9.47 Å². The highest BCUT2D eigenvalue weighted by Gasteiger charge is 2.48. The Labute approximate surface area is 136 Å². The third-order valence-corrected chi connectivity index (χ3v) is 4.66. The molecule has 0 spiro atoms. The summed E-state index contributed by atoms with van der Waals surface area (Å²) in [5.41, 5.74) is 0.915. The van der Waals surface area contributed by atoms with E-state index in [1.54, 1.807) is 0 Å². The normalized spacial score (nSPS) is 18.3. The van der Waals surface area contributed by atoms with E-state index in [0.29, 0.717) is 11.8 Å². The zero-order valence-corrected chi connectivity index (χ0v) is 13.4. The van der Waals surface area contributed by atoms with Crippen LogP contribution in [0.5, 0.6) is 0 Å². The van der Waals surface area contributed by atoms with E-state index in [9.17, 15) is 9.59 Å². The maximum Gasteiger partial charge on any atom is 0.408 e. The fourth-order valence-electron chi connectivity index (χ4n) is 3.22. The van der Waals surface area contributed by atoms with Gasteiger partial charge in [0.1, 0.15) is 12.6 Å². The Bertz CT molecular complexity index is 539. The van der Waals surface area contributed by atoms with Crippen LogP contribution in [-0.2, 0) is 20.9 Å². The molecular weight excluding hydrogens is 294 g/mol. The van der Waals surface area contributed by atoms with Gasteiger partial charge in [0.05, 0.1) is 7.11 Å². The zero-order chi connectivity index (χ0) is 16.2. The number of alkyl carbamates (subject to hydrolysis) is 1. The standard InChI is InChI=1S/C18H23NO4/c1-22-17(20)16(15(13-7-8-13)14-9-10-14)19-18(21)23-11-12-5-3-2-4-6-12/h2-6,13-16H,7-11H2,1H3,(H,19,21)/t16-/m0/s1. The SMILES string of the molecule is COC(=O)[C@@H](NC(=O)OCc1ccccc1)C(C1CC1)C1CC1. The van der Waals surface area contributed by atoms with E-state index >= 15 is 0 Å². The lowest BCUT2D eigenvalue weighted by atomic mass is 9.89. The molecule has 1 aromatic rings. The number of hydrogen-bond acceptors (Lipinski definition) is 4. The van der Waals surface area contributed by atoms with Gasteiger partial charge < -0.3 is 14.8 Å². The molecule has 0 aliphatic heterocycles. The quantitative estimate of drug-likeness (QED) is 0.785. The fraction of sp³-hybridized carbons (Fsp3) is 0.556. The predicted molar refractivity (Wildman–Crippen MR) is 84.5 cm³/mol. The Morgan fingerprint density at radius 1 is 1.13 bits per heavy atom. The van der Waals surface area contributed by atoms with E-state index in [1.807, 2.05) is 30.3 Å². The number of carbonyl (C=O) groups is 2. The topological polar surface area (TPSA) is 64.6 Å². The molecule has 0 bridgehead atoms. The molecule has 5 nitrogen and oxygen atoms in total. The largest absolute Gasteiger partial charge is 0.467 e. The van der Waals surface area contributed by atoms with Gasteiger partial charge in [0.2, 0.25) is 0 Å². The maximum absolute atomic E-state index is 12.1. The lowest BCUT2D eigenvalue weighted by Crippen LogP contribution is -2.48. The summed E-state index contributed by atoms with van der Waals surface area (Å²) in [7, 11) is 1.36. The minimum absolute atomic E-state index is 0.187. The minimum Gasteiger partial charge on any atom is -0.467 e. The highest BCUT2D eigenvalue weighted by molar-refractivity contribution is 5.81. The molecule has 0 heterocycles.